The van der Waals surface area contributed by atoms with E-state index >= 15 is 0 Å². The fraction of sp³-hybridized carbons (Fsp3) is 0.650. The molecule has 3 rings (SSSR count). The average Bonchev–Trinajstić information content (AvgIpc) is 3.07. The second-order valence-corrected chi connectivity index (χ2v) is 8.02. The van der Waals surface area contributed by atoms with Crippen LogP contribution in [-0.4, -0.2) is 75.3 Å². The van der Waals surface area contributed by atoms with Crippen LogP contribution in [0.4, 0.5) is 4.39 Å². The van der Waals surface area contributed by atoms with Gasteiger partial charge in [0.1, 0.15) is 5.82 Å². The van der Waals surface area contributed by atoms with Crippen molar-refractivity contribution in [2.24, 2.45) is 16.6 Å². The Labute approximate surface area is 171 Å². The number of hydrogen-bond donors (Lipinski definition) is 2. The fourth-order valence-electron chi connectivity index (χ4n) is 4.06. The molecule has 0 bridgehead atoms. The smallest absolute Gasteiger partial charge is 0.188 e. The van der Waals surface area contributed by atoms with Crippen molar-refractivity contribution in [3.05, 3.63) is 34.6 Å². The third kappa shape index (κ3) is 5.80. The summed E-state index contributed by atoms with van der Waals surface area (Å²) in [4.78, 5) is 9.19. The fourth-order valence-corrected chi connectivity index (χ4v) is 4.17. The van der Waals surface area contributed by atoms with E-state index in [-0.39, 0.29) is 16.9 Å². The van der Waals surface area contributed by atoms with Crippen LogP contribution in [0.15, 0.2) is 23.2 Å². The quantitative estimate of drug-likeness (QED) is 0.408. The van der Waals surface area contributed by atoms with Gasteiger partial charge >= 0.3 is 0 Å². The summed E-state index contributed by atoms with van der Waals surface area (Å²) in [6, 6.07) is 5.20. The monoisotopic (exact) mass is 411 g/mol. The van der Waals surface area contributed by atoms with Crippen LogP contribution in [0.25, 0.3) is 0 Å². The largest absolute Gasteiger partial charge is 0.379 e. The third-order valence-corrected chi connectivity index (χ3v) is 5.92. The van der Waals surface area contributed by atoms with Gasteiger partial charge in [0, 0.05) is 32.2 Å². The topological polar surface area (TPSA) is 66.1 Å². The number of morpholine rings is 1. The number of hydrogen-bond acceptors (Lipinski definition) is 4. The number of guanidine groups is 1. The van der Waals surface area contributed by atoms with E-state index in [4.69, 9.17) is 22.1 Å². The molecular weight excluding hydrogens is 381 g/mol. The van der Waals surface area contributed by atoms with Crippen LogP contribution in [0.5, 0.6) is 0 Å². The SMILES string of the molecule is CN1CCC(CN=C(N)NCCCN2CCOCC2)C1c1ccc(Cl)c(F)c1. The van der Waals surface area contributed by atoms with Crippen molar-refractivity contribution < 1.29 is 9.13 Å². The molecule has 2 aliphatic rings. The van der Waals surface area contributed by atoms with E-state index in [0.717, 1.165) is 64.3 Å². The first-order chi connectivity index (χ1) is 13.5. The Morgan fingerprint density at radius 3 is 2.89 bits per heavy atom. The molecule has 0 amide bonds. The number of aliphatic imine (C=N–C) groups is 1. The van der Waals surface area contributed by atoms with Crippen molar-refractivity contribution in [3.8, 4) is 0 Å². The van der Waals surface area contributed by atoms with Gasteiger partial charge in [-0.05, 0) is 56.6 Å². The first-order valence-electron chi connectivity index (χ1n) is 10.0. The van der Waals surface area contributed by atoms with Gasteiger partial charge in [-0.15, -0.1) is 0 Å². The minimum Gasteiger partial charge on any atom is -0.379 e. The summed E-state index contributed by atoms with van der Waals surface area (Å²) in [5, 5.41) is 3.36. The maximum Gasteiger partial charge on any atom is 0.188 e. The lowest BCUT2D eigenvalue weighted by molar-refractivity contribution is 0.0376. The number of rotatable bonds is 7. The molecule has 2 unspecified atom stereocenters. The molecule has 0 radical (unpaired) electrons. The number of nitrogens with one attached hydrogen (secondary N) is 1. The molecule has 156 valence electrons. The highest BCUT2D eigenvalue weighted by atomic mass is 35.5. The molecule has 2 saturated heterocycles. The predicted octanol–water partition coefficient (Wildman–Crippen LogP) is 2.10. The summed E-state index contributed by atoms with van der Waals surface area (Å²) in [6.45, 7) is 7.10. The zero-order valence-electron chi connectivity index (χ0n) is 16.5. The van der Waals surface area contributed by atoms with Crippen molar-refractivity contribution in [2.75, 3.05) is 59.5 Å². The van der Waals surface area contributed by atoms with Gasteiger partial charge in [-0.25, -0.2) is 4.39 Å². The van der Waals surface area contributed by atoms with Gasteiger partial charge in [-0.2, -0.15) is 0 Å². The predicted molar refractivity (Wildman–Crippen MR) is 111 cm³/mol. The number of halogens is 2. The number of nitrogens with zero attached hydrogens (tertiary/aromatic N) is 3. The summed E-state index contributed by atoms with van der Waals surface area (Å²) < 4.78 is 19.2. The maximum atomic E-state index is 13.9. The van der Waals surface area contributed by atoms with E-state index in [1.54, 1.807) is 12.1 Å². The highest BCUT2D eigenvalue weighted by molar-refractivity contribution is 6.30. The van der Waals surface area contributed by atoms with Gasteiger partial charge in [-0.3, -0.25) is 14.8 Å². The number of likely N-dealkylation sites (tertiary alicyclic amines) is 1. The summed E-state index contributed by atoms with van der Waals surface area (Å²) in [5.41, 5.74) is 6.99. The van der Waals surface area contributed by atoms with E-state index in [1.807, 2.05) is 6.07 Å². The molecule has 2 atom stereocenters. The van der Waals surface area contributed by atoms with Gasteiger partial charge in [0.2, 0.25) is 0 Å². The lowest BCUT2D eigenvalue weighted by atomic mass is 9.94. The normalized spacial score (nSPS) is 24.6. The van der Waals surface area contributed by atoms with E-state index in [2.05, 4.69) is 27.2 Å². The lowest BCUT2D eigenvalue weighted by Crippen LogP contribution is -2.39. The summed E-state index contributed by atoms with van der Waals surface area (Å²) in [5.74, 6) is 0.417. The lowest BCUT2D eigenvalue weighted by Gasteiger charge is -2.26. The number of ether oxygens (including phenoxy) is 1. The Kier molecular flexibility index (Phi) is 7.91. The van der Waals surface area contributed by atoms with Gasteiger partial charge in [0.25, 0.3) is 0 Å². The van der Waals surface area contributed by atoms with Crippen molar-refractivity contribution in [1.29, 1.82) is 0 Å². The molecule has 0 aromatic heterocycles. The zero-order valence-corrected chi connectivity index (χ0v) is 17.3. The molecule has 28 heavy (non-hydrogen) atoms. The Morgan fingerprint density at radius 2 is 2.14 bits per heavy atom. The first kappa shape index (κ1) is 21.3. The maximum absolute atomic E-state index is 13.9. The second-order valence-electron chi connectivity index (χ2n) is 7.61. The first-order valence-corrected chi connectivity index (χ1v) is 10.4. The highest BCUT2D eigenvalue weighted by Gasteiger charge is 2.33. The second kappa shape index (κ2) is 10.4. The molecule has 6 nitrogen and oxygen atoms in total. The molecule has 2 heterocycles. The molecule has 2 aliphatic heterocycles. The minimum absolute atomic E-state index is 0.129. The molecule has 0 saturated carbocycles. The Morgan fingerprint density at radius 1 is 1.36 bits per heavy atom. The zero-order chi connectivity index (χ0) is 19.9. The summed E-state index contributed by atoms with van der Waals surface area (Å²) in [6.07, 6.45) is 2.04. The van der Waals surface area contributed by atoms with Gasteiger partial charge in [0.05, 0.1) is 18.2 Å². The molecule has 2 fully saturated rings. The van der Waals surface area contributed by atoms with Gasteiger partial charge in [0.15, 0.2) is 5.96 Å². The summed E-state index contributed by atoms with van der Waals surface area (Å²) >= 11 is 5.83. The van der Waals surface area contributed by atoms with Crippen LogP contribution >= 0.6 is 11.6 Å². The molecule has 1 aromatic rings. The van der Waals surface area contributed by atoms with Crippen LogP contribution in [0, 0.1) is 11.7 Å². The van der Waals surface area contributed by atoms with Gasteiger partial charge < -0.3 is 15.8 Å². The van der Waals surface area contributed by atoms with Crippen LogP contribution in [0.1, 0.15) is 24.4 Å². The third-order valence-electron chi connectivity index (χ3n) is 5.62. The Hall–Kier alpha value is -1.41. The number of benzene rings is 1. The highest BCUT2D eigenvalue weighted by Crippen LogP contribution is 2.37. The molecule has 0 aliphatic carbocycles. The van der Waals surface area contributed by atoms with Crippen LogP contribution in [0.2, 0.25) is 5.02 Å². The molecular formula is C20H31ClFN5O. The van der Waals surface area contributed by atoms with Crippen LogP contribution in [0.3, 0.4) is 0 Å². The molecule has 0 spiro atoms. The Balaban J connectivity index is 1.46. The van der Waals surface area contributed by atoms with Crippen molar-refractivity contribution >= 4 is 17.6 Å². The molecule has 8 heteroatoms. The van der Waals surface area contributed by atoms with E-state index in [0.29, 0.717) is 18.4 Å². The van der Waals surface area contributed by atoms with E-state index in [9.17, 15) is 4.39 Å². The molecule has 3 N–H and O–H groups in total. The standard InChI is InChI=1S/C20H31ClFN5O/c1-26-8-5-16(19(26)15-3-4-17(21)18(22)13-15)14-25-20(23)24-6-2-7-27-9-11-28-12-10-27/h3-4,13,16,19H,2,5-12,14H2,1H3,(H3,23,24,25). The minimum atomic E-state index is -0.372. The summed E-state index contributed by atoms with van der Waals surface area (Å²) in [7, 11) is 2.06. The number of nitrogens with two attached hydrogens (primary N) is 1. The molecule has 1 aromatic carbocycles. The van der Waals surface area contributed by atoms with Crippen molar-refractivity contribution in [2.45, 2.75) is 18.9 Å². The van der Waals surface area contributed by atoms with Crippen molar-refractivity contribution in [1.82, 2.24) is 15.1 Å². The van der Waals surface area contributed by atoms with Crippen LogP contribution in [-0.2, 0) is 4.74 Å². The van der Waals surface area contributed by atoms with Crippen LogP contribution < -0.4 is 11.1 Å². The Bertz CT molecular complexity index is 668. The van der Waals surface area contributed by atoms with E-state index < -0.39 is 0 Å². The average molecular weight is 412 g/mol. The van der Waals surface area contributed by atoms with E-state index in [1.165, 1.54) is 0 Å². The van der Waals surface area contributed by atoms with Gasteiger partial charge in [-0.1, -0.05) is 17.7 Å². The van der Waals surface area contributed by atoms with Crippen molar-refractivity contribution in [3.63, 3.8) is 0 Å².